The number of carbonyl (C=O) groups is 4. The standard InChI is InChI=1S/C42H50O13S.C4H6.C3H6/c1-5-40(44)51-22-10-9-20-48-25-35(47-4)27-53-38-18-14-33(24-39(38)56)42(46)55-37-17-13-32(23-30(37)3)31-11-15-34(16-12-31)52-28-36(54-41(45)6-2)26-49-19-7-8-21-50-29-43;1-3-4-2;1-3-2/h5-6,11-18,23-24,29,35-36,56H,1-2,7-10,19-22,25-28H2,3-4H3;3-4H,1-2H2;3H,1H2,2H3. The van der Waals surface area contributed by atoms with Gasteiger partial charge in [-0.3, -0.25) is 4.79 Å². The van der Waals surface area contributed by atoms with E-state index in [0.717, 1.165) is 35.3 Å². The number of hydrogen-bond acceptors (Lipinski definition) is 14. The second-order valence-corrected chi connectivity index (χ2v) is 13.6. The minimum absolute atomic E-state index is 0.0712. The molecular formula is C49H62O13S. The average Bonchev–Trinajstić information content (AvgIpc) is 3.29. The summed E-state index contributed by atoms with van der Waals surface area (Å²) in [7, 11) is 1.57. The molecule has 13 nitrogen and oxygen atoms in total. The lowest BCUT2D eigenvalue weighted by atomic mass is 10.0. The predicted molar refractivity (Wildman–Crippen MR) is 247 cm³/mol. The first kappa shape index (κ1) is 55.1. The molecule has 0 amide bonds. The molecular weight excluding hydrogens is 829 g/mol. The molecule has 342 valence electrons. The van der Waals surface area contributed by atoms with E-state index in [0.29, 0.717) is 86.5 Å². The normalized spacial score (nSPS) is 11.0. The largest absolute Gasteiger partial charge is 0.490 e. The van der Waals surface area contributed by atoms with Gasteiger partial charge in [0.1, 0.15) is 36.6 Å². The number of rotatable bonds is 29. The predicted octanol–water partition coefficient (Wildman–Crippen LogP) is 9.09. The Kier molecular flexibility index (Phi) is 30.3. The van der Waals surface area contributed by atoms with Gasteiger partial charge in [0.15, 0.2) is 6.10 Å². The van der Waals surface area contributed by atoms with Crippen LogP contribution in [0.5, 0.6) is 17.2 Å². The molecule has 3 rings (SSSR count). The molecule has 0 aliphatic carbocycles. The fourth-order valence-electron chi connectivity index (χ4n) is 4.90. The van der Waals surface area contributed by atoms with Crippen LogP contribution in [0.4, 0.5) is 0 Å². The van der Waals surface area contributed by atoms with Crippen LogP contribution < -0.4 is 14.2 Å². The molecule has 0 N–H and O–H groups in total. The quantitative estimate of drug-likeness (QED) is 0.00813. The molecule has 0 saturated carbocycles. The summed E-state index contributed by atoms with van der Waals surface area (Å²) in [5.41, 5.74) is 2.88. The number of unbranched alkanes of at least 4 members (excludes halogenated alkanes) is 2. The molecule has 3 aromatic rings. The van der Waals surface area contributed by atoms with Gasteiger partial charge in [0.2, 0.25) is 0 Å². The van der Waals surface area contributed by atoms with Crippen molar-refractivity contribution in [3.8, 4) is 28.4 Å². The minimum atomic E-state index is -0.652. The number of carbonyl (C=O) groups excluding carboxylic acids is 4. The summed E-state index contributed by atoms with van der Waals surface area (Å²) in [5, 5.41) is 0. The highest BCUT2D eigenvalue weighted by atomic mass is 32.1. The lowest BCUT2D eigenvalue weighted by Gasteiger charge is -2.18. The zero-order valence-corrected chi connectivity index (χ0v) is 37.6. The van der Waals surface area contributed by atoms with Crippen LogP contribution in [0.25, 0.3) is 11.1 Å². The molecule has 0 fully saturated rings. The molecule has 2 atom stereocenters. The average molecular weight is 891 g/mol. The lowest BCUT2D eigenvalue weighted by Crippen LogP contribution is -2.29. The number of hydrogen-bond donors (Lipinski definition) is 1. The fraction of sp³-hybridized carbons (Fsp3) is 0.347. The fourth-order valence-corrected chi connectivity index (χ4v) is 5.18. The molecule has 0 spiro atoms. The molecule has 0 heterocycles. The van der Waals surface area contributed by atoms with E-state index in [1.54, 1.807) is 61.7 Å². The molecule has 0 aromatic heterocycles. The Hall–Kier alpha value is -5.93. The number of benzene rings is 3. The van der Waals surface area contributed by atoms with Crippen molar-refractivity contribution in [1.29, 1.82) is 0 Å². The zero-order valence-electron chi connectivity index (χ0n) is 36.7. The van der Waals surface area contributed by atoms with Crippen LogP contribution >= 0.6 is 12.6 Å². The van der Waals surface area contributed by atoms with Crippen LogP contribution in [0.15, 0.2) is 129 Å². The third-order valence-electron chi connectivity index (χ3n) is 8.14. The van der Waals surface area contributed by atoms with Crippen LogP contribution in [0, 0.1) is 6.92 Å². The van der Waals surface area contributed by atoms with Crippen LogP contribution in [-0.4, -0.2) is 96.6 Å². The van der Waals surface area contributed by atoms with Gasteiger partial charge in [-0.05, 0) is 98.7 Å². The Morgan fingerprint density at radius 1 is 0.683 bits per heavy atom. The van der Waals surface area contributed by atoms with Gasteiger partial charge in [0.25, 0.3) is 6.47 Å². The summed E-state index contributed by atoms with van der Waals surface area (Å²) in [6.45, 7) is 23.3. The van der Waals surface area contributed by atoms with Gasteiger partial charge in [-0.2, -0.15) is 0 Å². The van der Waals surface area contributed by atoms with Crippen molar-refractivity contribution in [3.63, 3.8) is 0 Å². The Bertz CT molecular complexity index is 1850. The van der Waals surface area contributed by atoms with Gasteiger partial charge in [-0.15, -0.1) is 19.2 Å². The summed E-state index contributed by atoms with van der Waals surface area (Å²) in [6.07, 6.45) is 8.99. The van der Waals surface area contributed by atoms with E-state index in [9.17, 15) is 19.2 Å². The van der Waals surface area contributed by atoms with Crippen molar-refractivity contribution in [2.45, 2.75) is 56.6 Å². The molecule has 0 aliphatic heterocycles. The van der Waals surface area contributed by atoms with E-state index in [-0.39, 0.29) is 25.9 Å². The Balaban J connectivity index is 0.00000264. The van der Waals surface area contributed by atoms with Crippen molar-refractivity contribution in [3.05, 3.63) is 135 Å². The van der Waals surface area contributed by atoms with Crippen LogP contribution in [0.3, 0.4) is 0 Å². The highest BCUT2D eigenvalue weighted by Crippen LogP contribution is 2.29. The third-order valence-corrected chi connectivity index (χ3v) is 8.49. The second kappa shape index (κ2) is 34.6. The summed E-state index contributed by atoms with van der Waals surface area (Å²) in [6, 6.07) is 17.8. The number of thiol groups is 1. The molecule has 3 aromatic carbocycles. The van der Waals surface area contributed by atoms with E-state index in [2.05, 4.69) is 50.3 Å². The number of aryl methyl sites for hydroxylation is 1. The van der Waals surface area contributed by atoms with Gasteiger partial charge in [0, 0.05) is 37.4 Å². The Morgan fingerprint density at radius 3 is 1.83 bits per heavy atom. The highest BCUT2D eigenvalue weighted by Gasteiger charge is 2.17. The van der Waals surface area contributed by atoms with Crippen molar-refractivity contribution in [1.82, 2.24) is 0 Å². The Labute approximate surface area is 377 Å². The minimum Gasteiger partial charge on any atom is -0.490 e. The highest BCUT2D eigenvalue weighted by molar-refractivity contribution is 7.80. The SMILES string of the molecule is C=CC.C=CC(=O)OCCCCOCC(COc1ccc(C(=O)Oc2ccc(-c3ccc(OCC(COCCCCOC=O)OC(=O)C=C)cc3)cc2C)cc1S)OC.C=CC=C. The lowest BCUT2D eigenvalue weighted by molar-refractivity contribution is -0.148. The monoisotopic (exact) mass is 890 g/mol. The molecule has 0 saturated heterocycles. The third kappa shape index (κ3) is 24.3. The summed E-state index contributed by atoms with van der Waals surface area (Å²) in [5.74, 6) is -0.106. The van der Waals surface area contributed by atoms with E-state index in [1.807, 2.05) is 38.1 Å². The molecule has 0 aliphatic rings. The first-order valence-corrected chi connectivity index (χ1v) is 20.6. The van der Waals surface area contributed by atoms with Crippen LogP contribution in [0.2, 0.25) is 0 Å². The summed E-state index contributed by atoms with van der Waals surface area (Å²) in [4.78, 5) is 46.6. The van der Waals surface area contributed by atoms with Gasteiger partial charge >= 0.3 is 17.9 Å². The maximum Gasteiger partial charge on any atom is 0.343 e. The van der Waals surface area contributed by atoms with Gasteiger partial charge < -0.3 is 42.6 Å². The van der Waals surface area contributed by atoms with Gasteiger partial charge in [0.05, 0.1) is 32.0 Å². The summed E-state index contributed by atoms with van der Waals surface area (Å²) < 4.78 is 49.2. The number of esters is 3. The van der Waals surface area contributed by atoms with Crippen molar-refractivity contribution < 1.29 is 61.8 Å². The topological polar surface area (TPSA) is 151 Å². The zero-order chi connectivity index (χ0) is 46.7. The van der Waals surface area contributed by atoms with Crippen LogP contribution in [0.1, 0.15) is 48.5 Å². The number of ether oxygens (including phenoxy) is 9. The number of methoxy groups -OCH3 is 1. The maximum absolute atomic E-state index is 13.1. The number of allylic oxidation sites excluding steroid dienone is 3. The van der Waals surface area contributed by atoms with Crippen molar-refractivity contribution in [2.75, 3.05) is 60.0 Å². The van der Waals surface area contributed by atoms with E-state index in [4.69, 9.17) is 37.9 Å². The van der Waals surface area contributed by atoms with Gasteiger partial charge in [-0.25, -0.2) is 14.4 Å². The van der Waals surface area contributed by atoms with E-state index < -0.39 is 24.0 Å². The summed E-state index contributed by atoms with van der Waals surface area (Å²) >= 11 is 4.51. The smallest absolute Gasteiger partial charge is 0.343 e. The molecule has 63 heavy (non-hydrogen) atoms. The van der Waals surface area contributed by atoms with E-state index in [1.165, 1.54) is 0 Å². The molecule has 0 radical (unpaired) electrons. The van der Waals surface area contributed by atoms with Gasteiger partial charge in [-0.1, -0.05) is 62.7 Å². The second-order valence-electron chi connectivity index (χ2n) is 13.1. The van der Waals surface area contributed by atoms with E-state index >= 15 is 0 Å². The van der Waals surface area contributed by atoms with Crippen LogP contribution in [-0.2, 0) is 42.8 Å². The molecule has 2 unspecified atom stereocenters. The first-order valence-electron chi connectivity index (χ1n) is 20.2. The maximum atomic E-state index is 13.1. The first-order chi connectivity index (χ1) is 30.5. The molecule has 14 heteroatoms. The van der Waals surface area contributed by atoms with Crippen molar-refractivity contribution >= 4 is 37.0 Å². The van der Waals surface area contributed by atoms with Crippen molar-refractivity contribution in [2.24, 2.45) is 0 Å². The molecule has 0 bridgehead atoms. The Morgan fingerprint density at radius 2 is 1.25 bits per heavy atom.